The molecule has 144 valence electrons. The Morgan fingerprint density at radius 1 is 1.04 bits per heavy atom. The zero-order valence-electron chi connectivity index (χ0n) is 14.6. The summed E-state index contributed by atoms with van der Waals surface area (Å²) in [5.41, 5.74) is 0.278. The Kier molecular flexibility index (Phi) is 6.08. The van der Waals surface area contributed by atoms with E-state index in [1.807, 2.05) is 0 Å². The van der Waals surface area contributed by atoms with Crippen molar-refractivity contribution in [1.29, 1.82) is 0 Å². The second kappa shape index (κ2) is 8.49. The lowest BCUT2D eigenvalue weighted by Gasteiger charge is -2.08. The van der Waals surface area contributed by atoms with Crippen LogP contribution in [-0.4, -0.2) is 33.6 Å². The highest BCUT2D eigenvalue weighted by Crippen LogP contribution is 2.22. The van der Waals surface area contributed by atoms with E-state index in [4.69, 9.17) is 9.47 Å². The average molecular weight is 393 g/mol. The van der Waals surface area contributed by atoms with Gasteiger partial charge in [0.1, 0.15) is 11.6 Å². The van der Waals surface area contributed by atoms with E-state index in [-0.39, 0.29) is 28.9 Å². The molecule has 2 aromatic carbocycles. The second-order valence-corrected chi connectivity index (χ2v) is 7.93. The Morgan fingerprint density at radius 2 is 1.70 bits per heavy atom. The number of ether oxygens (including phenoxy) is 2. The minimum absolute atomic E-state index is 0.0248. The van der Waals surface area contributed by atoms with Crippen molar-refractivity contribution in [1.82, 2.24) is 4.72 Å². The molecule has 0 unspecified atom stereocenters. The van der Waals surface area contributed by atoms with Gasteiger partial charge in [-0.1, -0.05) is 0 Å². The average Bonchev–Trinajstić information content (AvgIpc) is 3.46. The Hall–Kier alpha value is -2.45. The molecule has 0 spiro atoms. The molecule has 0 bridgehead atoms. The van der Waals surface area contributed by atoms with Gasteiger partial charge in [0.05, 0.1) is 23.7 Å². The van der Waals surface area contributed by atoms with E-state index in [0.717, 1.165) is 12.8 Å². The van der Waals surface area contributed by atoms with Crippen LogP contribution in [0.25, 0.3) is 0 Å². The molecule has 0 aromatic heterocycles. The van der Waals surface area contributed by atoms with Gasteiger partial charge in [0.2, 0.25) is 10.0 Å². The monoisotopic (exact) mass is 393 g/mol. The van der Waals surface area contributed by atoms with Crippen molar-refractivity contribution in [2.45, 2.75) is 30.2 Å². The standard InChI is InChI=1S/C19H20FNO5S/c20-15-4-8-17(9-5-15)25-12-1-13-26-19(22)14-2-10-18(11-3-14)27(23,24)21-16-6-7-16/h2-5,8-11,16,21H,1,6-7,12-13H2. The number of halogens is 1. The number of carbonyl (C=O) groups is 1. The van der Waals surface area contributed by atoms with Crippen molar-refractivity contribution in [3.8, 4) is 5.75 Å². The van der Waals surface area contributed by atoms with Crippen LogP contribution in [0.3, 0.4) is 0 Å². The first-order valence-electron chi connectivity index (χ1n) is 8.62. The van der Waals surface area contributed by atoms with Crippen molar-refractivity contribution < 1.29 is 27.1 Å². The maximum atomic E-state index is 12.8. The minimum atomic E-state index is -3.53. The molecule has 0 radical (unpaired) electrons. The summed E-state index contributed by atoms with van der Waals surface area (Å²) in [6.07, 6.45) is 2.18. The molecule has 1 aliphatic carbocycles. The number of carbonyl (C=O) groups excluding carboxylic acids is 1. The number of hydrogen-bond acceptors (Lipinski definition) is 5. The van der Waals surface area contributed by atoms with E-state index in [0.29, 0.717) is 18.8 Å². The van der Waals surface area contributed by atoms with E-state index in [1.165, 1.54) is 48.5 Å². The highest BCUT2D eigenvalue weighted by atomic mass is 32.2. The molecule has 0 aliphatic heterocycles. The quantitative estimate of drug-likeness (QED) is 0.523. The fourth-order valence-corrected chi connectivity index (χ4v) is 3.59. The largest absolute Gasteiger partial charge is 0.493 e. The van der Waals surface area contributed by atoms with Gasteiger partial charge in [0.25, 0.3) is 0 Å². The van der Waals surface area contributed by atoms with Crippen molar-refractivity contribution in [2.24, 2.45) is 0 Å². The van der Waals surface area contributed by atoms with Crippen LogP contribution in [0.5, 0.6) is 5.75 Å². The van der Waals surface area contributed by atoms with Crippen molar-refractivity contribution >= 4 is 16.0 Å². The molecule has 0 heterocycles. The lowest BCUT2D eigenvalue weighted by Crippen LogP contribution is -2.25. The van der Waals surface area contributed by atoms with Crippen LogP contribution in [-0.2, 0) is 14.8 Å². The predicted octanol–water partition coefficient (Wildman–Crippen LogP) is 2.89. The van der Waals surface area contributed by atoms with Gasteiger partial charge in [-0.2, -0.15) is 0 Å². The maximum absolute atomic E-state index is 12.8. The molecular formula is C19H20FNO5S. The number of esters is 1. The van der Waals surface area contributed by atoms with Crippen molar-refractivity contribution in [3.63, 3.8) is 0 Å². The van der Waals surface area contributed by atoms with Gasteiger partial charge in [-0.25, -0.2) is 22.3 Å². The number of nitrogens with one attached hydrogen (secondary N) is 1. The Labute approximate surface area is 157 Å². The molecule has 0 saturated heterocycles. The summed E-state index contributed by atoms with van der Waals surface area (Å²) in [6.45, 7) is 0.478. The maximum Gasteiger partial charge on any atom is 0.338 e. The molecule has 0 amide bonds. The van der Waals surface area contributed by atoms with Gasteiger partial charge in [-0.15, -0.1) is 0 Å². The lowest BCUT2D eigenvalue weighted by molar-refractivity contribution is 0.0486. The Balaban J connectivity index is 1.42. The van der Waals surface area contributed by atoms with Gasteiger partial charge in [-0.05, 0) is 61.4 Å². The van der Waals surface area contributed by atoms with Crippen LogP contribution in [0.15, 0.2) is 53.4 Å². The zero-order chi connectivity index (χ0) is 19.3. The van der Waals surface area contributed by atoms with E-state index >= 15 is 0 Å². The summed E-state index contributed by atoms with van der Waals surface area (Å²) in [4.78, 5) is 12.1. The molecule has 6 nitrogen and oxygen atoms in total. The van der Waals surface area contributed by atoms with E-state index in [9.17, 15) is 17.6 Å². The van der Waals surface area contributed by atoms with Crippen LogP contribution in [0.4, 0.5) is 4.39 Å². The van der Waals surface area contributed by atoms with Crippen LogP contribution < -0.4 is 9.46 Å². The molecule has 8 heteroatoms. The molecule has 1 aliphatic rings. The lowest BCUT2D eigenvalue weighted by atomic mass is 10.2. The van der Waals surface area contributed by atoms with Gasteiger partial charge in [0.15, 0.2) is 0 Å². The van der Waals surface area contributed by atoms with Crippen LogP contribution in [0, 0.1) is 5.82 Å². The summed E-state index contributed by atoms with van der Waals surface area (Å²) in [5.74, 6) is -0.325. The third kappa shape index (κ3) is 5.77. The zero-order valence-corrected chi connectivity index (χ0v) is 15.4. The smallest absolute Gasteiger partial charge is 0.338 e. The van der Waals surface area contributed by atoms with E-state index < -0.39 is 16.0 Å². The van der Waals surface area contributed by atoms with Crippen LogP contribution >= 0.6 is 0 Å². The van der Waals surface area contributed by atoms with Crippen LogP contribution in [0.2, 0.25) is 0 Å². The Bertz CT molecular complexity index is 877. The first-order valence-corrected chi connectivity index (χ1v) is 10.1. The first kappa shape index (κ1) is 19.3. The topological polar surface area (TPSA) is 81.7 Å². The number of benzene rings is 2. The van der Waals surface area contributed by atoms with Crippen molar-refractivity contribution in [2.75, 3.05) is 13.2 Å². The molecule has 27 heavy (non-hydrogen) atoms. The summed E-state index contributed by atoms with van der Waals surface area (Å²) >= 11 is 0. The molecule has 1 N–H and O–H groups in total. The van der Waals surface area contributed by atoms with Gasteiger partial charge >= 0.3 is 5.97 Å². The third-order valence-electron chi connectivity index (χ3n) is 3.90. The van der Waals surface area contributed by atoms with Crippen molar-refractivity contribution in [3.05, 3.63) is 59.9 Å². The minimum Gasteiger partial charge on any atom is -0.493 e. The first-order chi connectivity index (χ1) is 12.9. The molecule has 1 saturated carbocycles. The molecule has 1 fully saturated rings. The molecular weight excluding hydrogens is 373 g/mol. The predicted molar refractivity (Wildman–Crippen MR) is 96.6 cm³/mol. The Morgan fingerprint density at radius 3 is 2.33 bits per heavy atom. The van der Waals surface area contributed by atoms with Gasteiger partial charge in [-0.3, -0.25) is 0 Å². The van der Waals surface area contributed by atoms with E-state index in [1.54, 1.807) is 0 Å². The van der Waals surface area contributed by atoms with E-state index in [2.05, 4.69) is 4.72 Å². The van der Waals surface area contributed by atoms with Gasteiger partial charge in [0, 0.05) is 12.5 Å². The number of rotatable bonds is 9. The molecule has 0 atom stereocenters. The highest BCUT2D eigenvalue weighted by Gasteiger charge is 2.28. The summed E-state index contributed by atoms with van der Waals surface area (Å²) in [7, 11) is -3.53. The molecule has 2 aromatic rings. The highest BCUT2D eigenvalue weighted by molar-refractivity contribution is 7.89. The van der Waals surface area contributed by atoms with Gasteiger partial charge < -0.3 is 9.47 Å². The normalized spacial score (nSPS) is 14.0. The second-order valence-electron chi connectivity index (χ2n) is 6.21. The molecule has 3 rings (SSSR count). The number of hydrogen-bond donors (Lipinski definition) is 1. The van der Waals surface area contributed by atoms with Crippen LogP contribution in [0.1, 0.15) is 29.6 Å². The number of sulfonamides is 1. The SMILES string of the molecule is O=C(OCCCOc1ccc(F)cc1)c1ccc(S(=O)(=O)NC2CC2)cc1. The summed E-state index contributed by atoms with van der Waals surface area (Å²) in [6, 6.07) is 11.3. The summed E-state index contributed by atoms with van der Waals surface area (Å²) < 4.78 is 50.1. The third-order valence-corrected chi connectivity index (χ3v) is 5.44. The fraction of sp³-hybridized carbons (Fsp3) is 0.316. The fourth-order valence-electron chi connectivity index (χ4n) is 2.29. The summed E-state index contributed by atoms with van der Waals surface area (Å²) in [5, 5.41) is 0.